The monoisotopic (exact) mass is 229 g/mol. The van der Waals surface area contributed by atoms with Gasteiger partial charge in [-0.15, -0.1) is 0 Å². The number of hydrogen-bond donors (Lipinski definition) is 0. The smallest absolute Gasteiger partial charge is 0.217 e. The molecule has 0 aromatic heterocycles. The zero-order valence-corrected chi connectivity index (χ0v) is 10.4. The van der Waals surface area contributed by atoms with Crippen LogP contribution in [0.15, 0.2) is 35.3 Å². The van der Waals surface area contributed by atoms with E-state index in [0.29, 0.717) is 6.04 Å². The summed E-state index contributed by atoms with van der Waals surface area (Å²) in [5.41, 5.74) is 1.12. The van der Waals surface area contributed by atoms with Crippen molar-refractivity contribution in [3.05, 3.63) is 35.9 Å². The molecule has 1 unspecified atom stereocenters. The highest BCUT2D eigenvalue weighted by molar-refractivity contribution is 5.95. The van der Waals surface area contributed by atoms with Crippen LogP contribution in [0.5, 0.6) is 0 Å². The Morgan fingerprint density at radius 1 is 1.12 bits per heavy atom. The lowest BCUT2D eigenvalue weighted by molar-refractivity contribution is 0.0231. The number of rotatable bonds is 1. The maximum atomic E-state index is 6.24. The Hall–Kier alpha value is -1.31. The summed E-state index contributed by atoms with van der Waals surface area (Å²) in [5.74, 6) is 0.847. The Bertz CT molecular complexity index is 418. The molecular weight excluding hydrogens is 210 g/mol. The summed E-state index contributed by atoms with van der Waals surface area (Å²) in [6, 6.07) is 10.6. The molecule has 90 valence electrons. The van der Waals surface area contributed by atoms with Gasteiger partial charge in [0.15, 0.2) is 0 Å². The van der Waals surface area contributed by atoms with Crippen LogP contribution in [0.3, 0.4) is 0 Å². The fraction of sp³-hybridized carbons (Fsp3) is 0.533. The van der Waals surface area contributed by atoms with Gasteiger partial charge >= 0.3 is 0 Å². The van der Waals surface area contributed by atoms with Crippen molar-refractivity contribution in [3.63, 3.8) is 0 Å². The molecule has 0 amide bonds. The molecule has 1 saturated carbocycles. The number of aliphatic imine (C=N–C) groups is 1. The number of ether oxygens (including phenoxy) is 1. The molecule has 1 spiro atoms. The van der Waals surface area contributed by atoms with Crippen LogP contribution in [0.25, 0.3) is 0 Å². The summed E-state index contributed by atoms with van der Waals surface area (Å²) in [7, 11) is 0. The van der Waals surface area contributed by atoms with E-state index in [1.165, 1.54) is 19.3 Å². The van der Waals surface area contributed by atoms with Gasteiger partial charge in [-0.1, -0.05) is 24.6 Å². The fourth-order valence-corrected chi connectivity index (χ4v) is 2.98. The van der Waals surface area contributed by atoms with Crippen molar-refractivity contribution >= 4 is 5.90 Å². The molecule has 1 aliphatic heterocycles. The van der Waals surface area contributed by atoms with E-state index in [1.807, 2.05) is 18.2 Å². The van der Waals surface area contributed by atoms with Crippen molar-refractivity contribution in [1.29, 1.82) is 0 Å². The highest BCUT2D eigenvalue weighted by Crippen LogP contribution is 2.40. The van der Waals surface area contributed by atoms with Crippen molar-refractivity contribution in [3.8, 4) is 0 Å². The molecule has 0 N–H and O–H groups in total. The SMILES string of the molecule is CC1N=C(c2ccccc2)OC12CCCCC2. The van der Waals surface area contributed by atoms with E-state index in [9.17, 15) is 0 Å². The third kappa shape index (κ3) is 1.86. The maximum absolute atomic E-state index is 6.24. The molecule has 0 saturated heterocycles. The summed E-state index contributed by atoms with van der Waals surface area (Å²) in [4.78, 5) is 4.73. The average Bonchev–Trinajstić information content (AvgIpc) is 2.69. The van der Waals surface area contributed by atoms with E-state index in [2.05, 4.69) is 19.1 Å². The van der Waals surface area contributed by atoms with E-state index < -0.39 is 0 Å². The summed E-state index contributed by atoms with van der Waals surface area (Å²) in [6.45, 7) is 2.20. The largest absolute Gasteiger partial charge is 0.469 e. The number of nitrogens with zero attached hydrogens (tertiary/aromatic N) is 1. The molecule has 1 heterocycles. The molecule has 2 nitrogen and oxygen atoms in total. The van der Waals surface area contributed by atoms with Crippen molar-refractivity contribution in [1.82, 2.24) is 0 Å². The normalized spacial score (nSPS) is 26.6. The summed E-state index contributed by atoms with van der Waals surface area (Å²) in [6.07, 6.45) is 6.23. The molecule has 1 fully saturated rings. The highest BCUT2D eigenvalue weighted by Gasteiger charge is 2.44. The van der Waals surface area contributed by atoms with Gasteiger partial charge in [-0.3, -0.25) is 0 Å². The second kappa shape index (κ2) is 4.17. The van der Waals surface area contributed by atoms with Gasteiger partial charge in [-0.25, -0.2) is 4.99 Å². The minimum Gasteiger partial charge on any atom is -0.469 e. The quantitative estimate of drug-likeness (QED) is 0.721. The third-order valence-electron chi connectivity index (χ3n) is 4.09. The van der Waals surface area contributed by atoms with E-state index in [0.717, 1.165) is 24.3 Å². The standard InChI is InChI=1S/C15H19NO/c1-12-15(10-6-3-7-11-15)17-14(16-12)13-8-4-2-5-9-13/h2,4-5,8-9,12H,3,6-7,10-11H2,1H3. The Morgan fingerprint density at radius 3 is 2.53 bits per heavy atom. The number of hydrogen-bond acceptors (Lipinski definition) is 2. The summed E-state index contributed by atoms with van der Waals surface area (Å²) in [5, 5.41) is 0. The van der Waals surface area contributed by atoms with Gasteiger partial charge < -0.3 is 4.74 Å². The minimum absolute atomic E-state index is 0.00340. The lowest BCUT2D eigenvalue weighted by Crippen LogP contribution is -2.40. The topological polar surface area (TPSA) is 21.6 Å². The second-order valence-corrected chi connectivity index (χ2v) is 5.20. The minimum atomic E-state index is 0.00340. The van der Waals surface area contributed by atoms with Crippen molar-refractivity contribution in [2.24, 2.45) is 4.99 Å². The lowest BCUT2D eigenvalue weighted by atomic mass is 9.80. The Morgan fingerprint density at radius 2 is 1.82 bits per heavy atom. The lowest BCUT2D eigenvalue weighted by Gasteiger charge is -2.35. The molecule has 0 radical (unpaired) electrons. The summed E-state index contributed by atoms with van der Waals surface area (Å²) >= 11 is 0. The van der Waals surface area contributed by atoms with E-state index >= 15 is 0 Å². The predicted octanol–water partition coefficient (Wildman–Crippen LogP) is 3.55. The third-order valence-corrected chi connectivity index (χ3v) is 4.09. The maximum Gasteiger partial charge on any atom is 0.217 e. The second-order valence-electron chi connectivity index (χ2n) is 5.20. The van der Waals surface area contributed by atoms with Gasteiger partial charge in [0.25, 0.3) is 0 Å². The first-order valence-electron chi connectivity index (χ1n) is 6.62. The first kappa shape index (κ1) is 10.8. The van der Waals surface area contributed by atoms with Gasteiger partial charge in [0.2, 0.25) is 5.90 Å². The van der Waals surface area contributed by atoms with Crippen LogP contribution in [-0.4, -0.2) is 17.5 Å². The molecule has 3 rings (SSSR count). The van der Waals surface area contributed by atoms with Gasteiger partial charge in [0, 0.05) is 5.56 Å². The molecular formula is C15H19NO. The molecule has 1 aromatic carbocycles. The predicted molar refractivity (Wildman–Crippen MR) is 69.3 cm³/mol. The molecule has 2 aliphatic rings. The van der Waals surface area contributed by atoms with Crippen LogP contribution in [0.1, 0.15) is 44.6 Å². The van der Waals surface area contributed by atoms with Crippen LogP contribution in [0.4, 0.5) is 0 Å². The number of benzene rings is 1. The van der Waals surface area contributed by atoms with Gasteiger partial charge in [-0.2, -0.15) is 0 Å². The Kier molecular flexibility index (Phi) is 2.65. The molecule has 2 heteroatoms. The Labute approximate surface area is 103 Å². The zero-order valence-electron chi connectivity index (χ0n) is 10.4. The van der Waals surface area contributed by atoms with Gasteiger partial charge in [0.05, 0.1) is 6.04 Å². The van der Waals surface area contributed by atoms with Crippen LogP contribution in [-0.2, 0) is 4.74 Å². The molecule has 0 bridgehead atoms. The first-order chi connectivity index (χ1) is 8.30. The first-order valence-corrected chi connectivity index (χ1v) is 6.62. The van der Waals surface area contributed by atoms with Crippen LogP contribution >= 0.6 is 0 Å². The average molecular weight is 229 g/mol. The van der Waals surface area contributed by atoms with Crippen molar-refractivity contribution in [2.45, 2.75) is 50.7 Å². The van der Waals surface area contributed by atoms with Crippen LogP contribution in [0.2, 0.25) is 0 Å². The summed E-state index contributed by atoms with van der Waals surface area (Å²) < 4.78 is 6.24. The van der Waals surface area contributed by atoms with Crippen molar-refractivity contribution < 1.29 is 4.74 Å². The van der Waals surface area contributed by atoms with E-state index in [1.54, 1.807) is 0 Å². The van der Waals surface area contributed by atoms with E-state index in [-0.39, 0.29) is 5.60 Å². The van der Waals surface area contributed by atoms with Crippen LogP contribution in [0, 0.1) is 0 Å². The van der Waals surface area contributed by atoms with Crippen LogP contribution < -0.4 is 0 Å². The highest BCUT2D eigenvalue weighted by atomic mass is 16.5. The fourth-order valence-electron chi connectivity index (χ4n) is 2.98. The molecule has 17 heavy (non-hydrogen) atoms. The Balaban J connectivity index is 1.84. The zero-order chi connectivity index (χ0) is 11.7. The molecule has 1 atom stereocenters. The van der Waals surface area contributed by atoms with Gasteiger partial charge in [-0.05, 0) is 44.7 Å². The molecule has 1 aliphatic carbocycles. The van der Waals surface area contributed by atoms with Crippen molar-refractivity contribution in [2.75, 3.05) is 0 Å². The van der Waals surface area contributed by atoms with Gasteiger partial charge in [0.1, 0.15) is 5.60 Å². The molecule has 1 aromatic rings. The van der Waals surface area contributed by atoms with E-state index in [4.69, 9.17) is 9.73 Å².